The van der Waals surface area contributed by atoms with Crippen molar-refractivity contribution in [3.05, 3.63) is 33.1 Å². The van der Waals surface area contributed by atoms with E-state index in [1.165, 1.54) is 13.1 Å². The molecule has 0 aliphatic carbocycles. The number of H-pyrrole nitrogens is 1. The van der Waals surface area contributed by atoms with Crippen LogP contribution in [-0.2, 0) is 23.8 Å². The molecule has 30 heavy (non-hydrogen) atoms. The fourth-order valence-corrected chi connectivity index (χ4v) is 2.84. The first-order valence-electron chi connectivity index (χ1n) is 9.63. The Balaban J connectivity index is 2.39. The average Bonchev–Trinajstić information content (AvgIpc) is 2.82. The van der Waals surface area contributed by atoms with Crippen molar-refractivity contribution in [2.24, 2.45) is 10.8 Å². The molecule has 1 aliphatic heterocycles. The molecule has 10 heteroatoms. The fraction of sp³-hybridized carbons (Fsp3) is 0.700. The Bertz CT molecular complexity index is 916. The summed E-state index contributed by atoms with van der Waals surface area (Å²) in [5.74, 6) is -1.10. The van der Waals surface area contributed by atoms with Gasteiger partial charge in [-0.3, -0.25) is 23.9 Å². The van der Waals surface area contributed by atoms with Gasteiger partial charge >= 0.3 is 17.6 Å². The van der Waals surface area contributed by atoms with Gasteiger partial charge in [-0.1, -0.05) is 0 Å². The van der Waals surface area contributed by atoms with Gasteiger partial charge in [0.25, 0.3) is 5.56 Å². The highest BCUT2D eigenvalue weighted by molar-refractivity contribution is 5.76. The number of carbonyl (C=O) groups is 2. The van der Waals surface area contributed by atoms with Gasteiger partial charge in [-0.2, -0.15) is 0 Å². The highest BCUT2D eigenvalue weighted by Crippen LogP contribution is 2.40. The molecule has 1 fully saturated rings. The lowest BCUT2D eigenvalue weighted by molar-refractivity contribution is -0.175. The van der Waals surface area contributed by atoms with Crippen molar-refractivity contribution >= 4 is 11.9 Å². The number of carbonyl (C=O) groups excluding carboxylic acids is 2. The van der Waals surface area contributed by atoms with Gasteiger partial charge < -0.3 is 19.3 Å². The van der Waals surface area contributed by atoms with Crippen molar-refractivity contribution < 1.29 is 28.9 Å². The predicted octanol–water partition coefficient (Wildman–Crippen LogP) is 0.732. The topological polar surface area (TPSA) is 137 Å². The van der Waals surface area contributed by atoms with Crippen LogP contribution in [0.2, 0.25) is 0 Å². The van der Waals surface area contributed by atoms with Gasteiger partial charge in [0.15, 0.2) is 12.3 Å². The number of hydrogen-bond acceptors (Lipinski definition) is 8. The molecule has 168 valence electrons. The smallest absolute Gasteiger partial charge is 0.330 e. The van der Waals surface area contributed by atoms with E-state index in [2.05, 4.69) is 4.98 Å². The summed E-state index contributed by atoms with van der Waals surface area (Å²) in [5, 5.41) is 11.2. The molecule has 0 amide bonds. The number of esters is 2. The van der Waals surface area contributed by atoms with E-state index >= 15 is 0 Å². The molecule has 10 nitrogen and oxygen atoms in total. The average molecular weight is 426 g/mol. The van der Waals surface area contributed by atoms with Crippen LogP contribution in [0.25, 0.3) is 0 Å². The number of aromatic nitrogens is 2. The van der Waals surface area contributed by atoms with E-state index in [0.29, 0.717) is 0 Å². The van der Waals surface area contributed by atoms with Gasteiger partial charge in [-0.15, -0.1) is 0 Å². The Hall–Kier alpha value is -2.46. The summed E-state index contributed by atoms with van der Waals surface area (Å²) in [7, 11) is 0. The number of hydrogen-bond donors (Lipinski definition) is 2. The SMILES string of the molecule is CC(C)(C)C(=O)OCC1OC(n2ccc(=O)[nH]c2=O)C(C)(O)C1OC(=O)C(C)(C)C. The lowest BCUT2D eigenvalue weighted by atomic mass is 9.93. The minimum atomic E-state index is -1.86. The Morgan fingerprint density at radius 3 is 2.23 bits per heavy atom. The molecule has 2 heterocycles. The first-order valence-corrected chi connectivity index (χ1v) is 9.63. The molecule has 4 unspecified atom stereocenters. The van der Waals surface area contributed by atoms with Gasteiger partial charge in [0.2, 0.25) is 0 Å². The standard InChI is InChI=1S/C20H30N2O8/c1-18(2,3)15(24)28-10-11-13(30-16(25)19(4,5)6)20(7,27)14(29-11)22-9-8-12(23)21-17(22)26/h8-9,11,13-14,27H,10H2,1-7H3,(H,21,23,26). The highest BCUT2D eigenvalue weighted by atomic mass is 16.6. The van der Waals surface area contributed by atoms with Gasteiger partial charge in [-0.05, 0) is 48.5 Å². The third-order valence-corrected chi connectivity index (χ3v) is 4.66. The van der Waals surface area contributed by atoms with Crippen molar-refractivity contribution in [3.63, 3.8) is 0 Å². The molecule has 0 bridgehead atoms. The number of ether oxygens (including phenoxy) is 3. The summed E-state index contributed by atoms with van der Waals surface area (Å²) in [4.78, 5) is 50.4. The molecule has 1 aliphatic rings. The second kappa shape index (κ2) is 7.99. The Kier molecular flexibility index (Phi) is 6.34. The van der Waals surface area contributed by atoms with E-state index < -0.39 is 58.1 Å². The normalized spacial score (nSPS) is 27.0. The van der Waals surface area contributed by atoms with Crippen molar-refractivity contribution in [1.29, 1.82) is 0 Å². The van der Waals surface area contributed by atoms with Crippen LogP contribution in [0.3, 0.4) is 0 Å². The van der Waals surface area contributed by atoms with E-state index in [4.69, 9.17) is 14.2 Å². The summed E-state index contributed by atoms with van der Waals surface area (Å²) in [6, 6.07) is 1.10. The van der Waals surface area contributed by atoms with Crippen LogP contribution in [0.4, 0.5) is 0 Å². The fourth-order valence-electron chi connectivity index (χ4n) is 2.84. The molecule has 0 saturated carbocycles. The van der Waals surface area contributed by atoms with Gasteiger partial charge in [0.1, 0.15) is 18.3 Å². The van der Waals surface area contributed by atoms with Gasteiger partial charge in [0.05, 0.1) is 10.8 Å². The maximum atomic E-state index is 12.5. The molecule has 1 aromatic rings. The molecule has 1 aromatic heterocycles. The predicted molar refractivity (Wildman–Crippen MR) is 106 cm³/mol. The zero-order valence-electron chi connectivity index (χ0n) is 18.3. The molecular weight excluding hydrogens is 396 g/mol. The number of nitrogens with one attached hydrogen (secondary N) is 1. The summed E-state index contributed by atoms with van der Waals surface area (Å²) in [6.45, 7) is 11.0. The molecule has 0 radical (unpaired) electrons. The number of nitrogens with zero attached hydrogens (tertiary/aromatic N) is 1. The molecule has 0 spiro atoms. The van der Waals surface area contributed by atoms with Crippen LogP contribution in [0.15, 0.2) is 21.9 Å². The molecular formula is C20H30N2O8. The van der Waals surface area contributed by atoms with E-state index in [0.717, 1.165) is 10.6 Å². The zero-order chi connectivity index (χ0) is 23.1. The lowest BCUT2D eigenvalue weighted by Crippen LogP contribution is -2.50. The third kappa shape index (κ3) is 4.99. The summed E-state index contributed by atoms with van der Waals surface area (Å²) < 4.78 is 17.6. The van der Waals surface area contributed by atoms with Crippen molar-refractivity contribution in [2.75, 3.05) is 6.61 Å². The highest BCUT2D eigenvalue weighted by Gasteiger charge is 2.57. The first-order chi connectivity index (χ1) is 13.5. The van der Waals surface area contributed by atoms with Crippen LogP contribution in [-0.4, -0.2) is 51.0 Å². The maximum absolute atomic E-state index is 12.5. The number of rotatable bonds is 4. The monoisotopic (exact) mass is 426 g/mol. The summed E-state index contributed by atoms with van der Waals surface area (Å²) in [6.07, 6.45) is -2.40. The van der Waals surface area contributed by atoms with Crippen LogP contribution >= 0.6 is 0 Å². The van der Waals surface area contributed by atoms with Crippen LogP contribution < -0.4 is 11.2 Å². The number of aliphatic hydroxyl groups is 1. The first kappa shape index (κ1) is 23.8. The molecule has 2 N–H and O–H groups in total. The second-order valence-electron chi connectivity index (χ2n) is 9.69. The maximum Gasteiger partial charge on any atom is 0.330 e. The minimum Gasteiger partial charge on any atom is -0.462 e. The second-order valence-corrected chi connectivity index (χ2v) is 9.69. The van der Waals surface area contributed by atoms with Crippen LogP contribution in [0.5, 0.6) is 0 Å². The van der Waals surface area contributed by atoms with E-state index in [9.17, 15) is 24.3 Å². The molecule has 0 aromatic carbocycles. The lowest BCUT2D eigenvalue weighted by Gasteiger charge is -2.32. The Morgan fingerprint density at radius 2 is 1.73 bits per heavy atom. The molecule has 2 rings (SSSR count). The summed E-state index contributed by atoms with van der Waals surface area (Å²) >= 11 is 0. The van der Waals surface area contributed by atoms with Crippen molar-refractivity contribution in [3.8, 4) is 0 Å². The quantitative estimate of drug-likeness (QED) is 0.673. The van der Waals surface area contributed by atoms with Crippen LogP contribution in [0.1, 0.15) is 54.7 Å². The van der Waals surface area contributed by atoms with E-state index in [-0.39, 0.29) is 6.61 Å². The third-order valence-electron chi connectivity index (χ3n) is 4.66. The summed E-state index contributed by atoms with van der Waals surface area (Å²) in [5.41, 5.74) is -4.91. The van der Waals surface area contributed by atoms with Crippen molar-refractivity contribution in [1.82, 2.24) is 9.55 Å². The molecule has 1 saturated heterocycles. The number of aromatic amines is 1. The van der Waals surface area contributed by atoms with Crippen molar-refractivity contribution in [2.45, 2.75) is 72.5 Å². The van der Waals surface area contributed by atoms with Gasteiger partial charge in [-0.25, -0.2) is 4.79 Å². The zero-order valence-corrected chi connectivity index (χ0v) is 18.3. The Labute approximate surface area is 174 Å². The Morgan fingerprint density at radius 1 is 1.17 bits per heavy atom. The minimum absolute atomic E-state index is 0.303. The molecule has 4 atom stereocenters. The van der Waals surface area contributed by atoms with E-state index in [1.54, 1.807) is 41.5 Å². The largest absolute Gasteiger partial charge is 0.462 e. The van der Waals surface area contributed by atoms with Gasteiger partial charge in [0, 0.05) is 12.3 Å². The van der Waals surface area contributed by atoms with E-state index in [1.807, 2.05) is 0 Å². The van der Waals surface area contributed by atoms with Crippen LogP contribution in [0, 0.1) is 10.8 Å².